The number of hydrogen-bond donors (Lipinski definition) is 0. The Hall–Kier alpha value is -2.06. The van der Waals surface area contributed by atoms with Crippen LogP contribution in [0.25, 0.3) is 0 Å². The highest BCUT2D eigenvalue weighted by Crippen LogP contribution is 2.25. The second kappa shape index (κ2) is 6.21. The summed E-state index contributed by atoms with van der Waals surface area (Å²) in [5, 5.41) is 0. The Kier molecular flexibility index (Phi) is 4.27. The van der Waals surface area contributed by atoms with Crippen LogP contribution in [0.3, 0.4) is 0 Å². The normalized spacial score (nSPS) is 19.0. The minimum Gasteiger partial charge on any atom is -0.487 e. The molecule has 0 spiro atoms. The number of halogens is 2. The monoisotopic (exact) mass is 340 g/mol. The zero-order chi connectivity index (χ0) is 16.4. The van der Waals surface area contributed by atoms with Crippen molar-refractivity contribution in [1.29, 1.82) is 0 Å². The summed E-state index contributed by atoms with van der Waals surface area (Å²) in [6.07, 6.45) is 3.24. The second-order valence-corrected chi connectivity index (χ2v) is 7.06. The second-order valence-electron chi connectivity index (χ2n) is 5.16. The number of nitrogens with zero attached hydrogens (tertiary/aromatic N) is 2. The van der Waals surface area contributed by atoms with E-state index in [1.165, 1.54) is 6.20 Å². The SMILES string of the molecule is O=S(=O)(c1cc(F)ccc1F)N1CC[C@@H](Oc2cccnc2)C1. The van der Waals surface area contributed by atoms with Crippen LogP contribution in [0.5, 0.6) is 5.75 Å². The largest absolute Gasteiger partial charge is 0.487 e. The van der Waals surface area contributed by atoms with Gasteiger partial charge in [0, 0.05) is 12.7 Å². The van der Waals surface area contributed by atoms with Crippen LogP contribution in [0.4, 0.5) is 8.78 Å². The van der Waals surface area contributed by atoms with Crippen LogP contribution in [0, 0.1) is 11.6 Å². The van der Waals surface area contributed by atoms with E-state index in [0.717, 1.165) is 16.4 Å². The van der Waals surface area contributed by atoms with E-state index in [0.29, 0.717) is 18.2 Å². The number of hydrogen-bond acceptors (Lipinski definition) is 4. The van der Waals surface area contributed by atoms with Crippen molar-refractivity contribution in [1.82, 2.24) is 9.29 Å². The van der Waals surface area contributed by atoms with Gasteiger partial charge in [0.1, 0.15) is 28.4 Å². The van der Waals surface area contributed by atoms with Gasteiger partial charge < -0.3 is 4.74 Å². The van der Waals surface area contributed by atoms with Crippen molar-refractivity contribution in [2.75, 3.05) is 13.1 Å². The third-order valence-electron chi connectivity index (χ3n) is 3.56. The zero-order valence-corrected chi connectivity index (χ0v) is 12.8. The van der Waals surface area contributed by atoms with Gasteiger partial charge in [-0.25, -0.2) is 17.2 Å². The van der Waals surface area contributed by atoms with Crippen molar-refractivity contribution < 1.29 is 21.9 Å². The van der Waals surface area contributed by atoms with Gasteiger partial charge in [-0.1, -0.05) is 0 Å². The molecular weight excluding hydrogens is 326 g/mol. The summed E-state index contributed by atoms with van der Waals surface area (Å²) >= 11 is 0. The standard InChI is InChI=1S/C15H14F2N2O3S/c16-11-3-4-14(17)15(8-11)23(20,21)19-7-5-13(10-19)22-12-2-1-6-18-9-12/h1-4,6,8-9,13H,5,7,10H2/t13-/m1/s1. The van der Waals surface area contributed by atoms with Crippen LogP contribution in [0.15, 0.2) is 47.6 Å². The lowest BCUT2D eigenvalue weighted by Gasteiger charge is -2.17. The van der Waals surface area contributed by atoms with Crippen LogP contribution in [-0.2, 0) is 10.0 Å². The molecule has 0 N–H and O–H groups in total. The maximum atomic E-state index is 13.8. The summed E-state index contributed by atoms with van der Waals surface area (Å²) in [5.74, 6) is -1.23. The Morgan fingerprint density at radius 1 is 1.26 bits per heavy atom. The minimum atomic E-state index is -4.09. The lowest BCUT2D eigenvalue weighted by atomic mass is 10.3. The van der Waals surface area contributed by atoms with E-state index in [1.807, 2.05) is 0 Å². The van der Waals surface area contributed by atoms with E-state index >= 15 is 0 Å². The Morgan fingerprint density at radius 2 is 2.09 bits per heavy atom. The molecular formula is C15H14F2N2O3S. The van der Waals surface area contributed by atoms with Crippen LogP contribution >= 0.6 is 0 Å². The fourth-order valence-electron chi connectivity index (χ4n) is 2.44. The molecule has 0 aliphatic carbocycles. The first kappa shape index (κ1) is 15.8. The average molecular weight is 340 g/mol. The molecule has 1 fully saturated rings. The van der Waals surface area contributed by atoms with Crippen LogP contribution in [0.1, 0.15) is 6.42 Å². The average Bonchev–Trinajstić information content (AvgIpc) is 3.00. The van der Waals surface area contributed by atoms with Gasteiger partial charge in [-0.05, 0) is 36.8 Å². The molecule has 0 unspecified atom stereocenters. The van der Waals surface area contributed by atoms with E-state index in [2.05, 4.69) is 4.98 Å². The van der Waals surface area contributed by atoms with Gasteiger partial charge in [-0.15, -0.1) is 0 Å². The number of aromatic nitrogens is 1. The number of benzene rings is 1. The highest BCUT2D eigenvalue weighted by molar-refractivity contribution is 7.89. The Labute approximate surface area is 132 Å². The van der Waals surface area contributed by atoms with Gasteiger partial charge in [0.15, 0.2) is 0 Å². The van der Waals surface area contributed by atoms with Crippen molar-refractivity contribution in [3.63, 3.8) is 0 Å². The molecule has 1 saturated heterocycles. The van der Waals surface area contributed by atoms with E-state index in [1.54, 1.807) is 18.3 Å². The summed E-state index contributed by atoms with van der Waals surface area (Å²) in [5.41, 5.74) is 0. The van der Waals surface area contributed by atoms with Crippen LogP contribution in [-0.4, -0.2) is 36.9 Å². The molecule has 1 aromatic heterocycles. The molecule has 0 bridgehead atoms. The van der Waals surface area contributed by atoms with E-state index in [4.69, 9.17) is 4.74 Å². The van der Waals surface area contributed by atoms with Gasteiger partial charge in [0.2, 0.25) is 10.0 Å². The van der Waals surface area contributed by atoms with Crippen LogP contribution < -0.4 is 4.74 Å². The van der Waals surface area contributed by atoms with Crippen LogP contribution in [0.2, 0.25) is 0 Å². The maximum absolute atomic E-state index is 13.8. The molecule has 1 aliphatic rings. The van der Waals surface area contributed by atoms with Crippen molar-refractivity contribution >= 4 is 10.0 Å². The molecule has 3 rings (SSSR count). The van der Waals surface area contributed by atoms with Gasteiger partial charge in [0.25, 0.3) is 0 Å². The third kappa shape index (κ3) is 3.32. The molecule has 122 valence electrons. The molecule has 2 aromatic rings. The molecule has 8 heteroatoms. The van der Waals surface area contributed by atoms with E-state index in [9.17, 15) is 17.2 Å². The predicted octanol–water partition coefficient (Wildman–Crippen LogP) is 2.20. The van der Waals surface area contributed by atoms with Gasteiger partial charge in [-0.2, -0.15) is 4.31 Å². The lowest BCUT2D eigenvalue weighted by molar-refractivity contribution is 0.214. The zero-order valence-electron chi connectivity index (χ0n) is 12.0. The fraction of sp³-hybridized carbons (Fsp3) is 0.267. The molecule has 2 heterocycles. The number of ether oxygens (including phenoxy) is 1. The topological polar surface area (TPSA) is 59.5 Å². The Balaban J connectivity index is 1.76. The summed E-state index contributed by atoms with van der Waals surface area (Å²) in [7, 11) is -4.09. The predicted molar refractivity (Wildman–Crippen MR) is 78.4 cm³/mol. The van der Waals surface area contributed by atoms with E-state index in [-0.39, 0.29) is 19.2 Å². The minimum absolute atomic E-state index is 0.0766. The van der Waals surface area contributed by atoms with Crippen molar-refractivity contribution in [3.05, 3.63) is 54.4 Å². The third-order valence-corrected chi connectivity index (χ3v) is 5.44. The fourth-order valence-corrected chi connectivity index (χ4v) is 4.00. The Bertz CT molecular complexity index is 800. The van der Waals surface area contributed by atoms with Crippen molar-refractivity contribution in [2.45, 2.75) is 17.4 Å². The smallest absolute Gasteiger partial charge is 0.246 e. The molecule has 23 heavy (non-hydrogen) atoms. The molecule has 0 radical (unpaired) electrons. The van der Waals surface area contributed by atoms with Gasteiger partial charge in [-0.3, -0.25) is 4.98 Å². The molecule has 1 atom stereocenters. The molecule has 5 nitrogen and oxygen atoms in total. The summed E-state index contributed by atoms with van der Waals surface area (Å²) in [6.45, 7) is 0.260. The van der Waals surface area contributed by atoms with E-state index < -0.39 is 26.6 Å². The van der Waals surface area contributed by atoms with Crippen molar-refractivity contribution in [3.8, 4) is 5.75 Å². The summed E-state index contributed by atoms with van der Waals surface area (Å²) in [6, 6.07) is 5.81. The first-order valence-corrected chi connectivity index (χ1v) is 8.43. The van der Waals surface area contributed by atoms with Crippen molar-refractivity contribution in [2.24, 2.45) is 0 Å². The number of sulfonamides is 1. The Morgan fingerprint density at radius 3 is 2.83 bits per heavy atom. The quantitative estimate of drug-likeness (QED) is 0.856. The highest BCUT2D eigenvalue weighted by atomic mass is 32.2. The number of pyridine rings is 1. The summed E-state index contributed by atoms with van der Waals surface area (Å²) in [4.78, 5) is 3.26. The molecule has 1 aliphatic heterocycles. The first-order valence-electron chi connectivity index (χ1n) is 6.99. The van der Waals surface area contributed by atoms with Gasteiger partial charge >= 0.3 is 0 Å². The molecule has 1 aromatic carbocycles. The van der Waals surface area contributed by atoms with Gasteiger partial charge in [0.05, 0.1) is 12.7 Å². The summed E-state index contributed by atoms with van der Waals surface area (Å²) < 4.78 is 58.7. The molecule has 0 amide bonds. The lowest BCUT2D eigenvalue weighted by Crippen LogP contribution is -2.31. The maximum Gasteiger partial charge on any atom is 0.246 e. The number of rotatable bonds is 4. The molecule has 0 saturated carbocycles. The highest BCUT2D eigenvalue weighted by Gasteiger charge is 2.35. The first-order chi connectivity index (χ1) is 11.0.